The highest BCUT2D eigenvalue weighted by Gasteiger charge is 1.38. The van der Waals surface area contributed by atoms with Gasteiger partial charge < -0.3 is 0 Å². The van der Waals surface area contributed by atoms with Crippen molar-refractivity contribution in [3.05, 3.63) is 0 Å². The van der Waals surface area contributed by atoms with Crippen LogP contribution in [0.5, 0.6) is 0 Å². The van der Waals surface area contributed by atoms with Crippen LogP contribution in [0.4, 0.5) is 0 Å². The van der Waals surface area contributed by atoms with Gasteiger partial charge in [-0.15, -0.1) is 0 Å². The van der Waals surface area contributed by atoms with Crippen molar-refractivity contribution in [3.8, 4) is 13.1 Å². The van der Waals surface area contributed by atoms with E-state index in [1.165, 1.54) is 0 Å². The monoisotopic (exact) mass is 114 g/mol. The molecule has 0 amide bonds. The summed E-state index contributed by atoms with van der Waals surface area (Å²) in [7, 11) is 0.417. The lowest BCUT2D eigenvalue weighted by molar-refractivity contribution is 1.58. The Morgan fingerprint density at radius 1 is 1.00 bits per heavy atom. The first-order valence-electron chi connectivity index (χ1n) is 1.93. The molecule has 0 atom stereocenters. The fraction of sp³-hybridized carbons (Fsp3) is 0.500. The standard InChI is InChI=1S/C2H8Si.2CHN/c1-3-2;2*1-2/h3H2,1-2H3;2*1H. The highest BCUT2D eigenvalue weighted by molar-refractivity contribution is 6.31. The van der Waals surface area contributed by atoms with E-state index in [1.807, 2.05) is 0 Å². The summed E-state index contributed by atoms with van der Waals surface area (Å²) < 4.78 is 0. The molecular formula is C4H10N2Si. The zero-order chi connectivity index (χ0) is 6.71. The predicted molar refractivity (Wildman–Crippen MR) is 33.6 cm³/mol. The minimum Gasteiger partial charge on any atom is -0.202 e. The van der Waals surface area contributed by atoms with Gasteiger partial charge in [-0.3, -0.25) is 0 Å². The second-order valence-electron chi connectivity index (χ2n) is 0.707. The molecule has 0 bridgehead atoms. The molecule has 0 aromatic heterocycles. The normalized spacial score (nSPS) is 3.14. The molecule has 0 aliphatic heterocycles. The quantitative estimate of drug-likeness (QED) is 0.431. The number of nitriles is 2. The van der Waals surface area contributed by atoms with Crippen LogP contribution in [-0.2, 0) is 0 Å². The first kappa shape index (κ1) is 16.4. The van der Waals surface area contributed by atoms with Crippen LogP contribution >= 0.6 is 0 Å². The molecule has 0 unspecified atom stereocenters. The summed E-state index contributed by atoms with van der Waals surface area (Å²) in [5, 5.41) is 13.0. The lowest BCUT2D eigenvalue weighted by Gasteiger charge is -1.45. The van der Waals surface area contributed by atoms with E-state index in [0.717, 1.165) is 0 Å². The van der Waals surface area contributed by atoms with Gasteiger partial charge in [0, 0.05) is 22.7 Å². The van der Waals surface area contributed by atoms with Gasteiger partial charge in [0.1, 0.15) is 0 Å². The van der Waals surface area contributed by atoms with E-state index >= 15 is 0 Å². The van der Waals surface area contributed by atoms with Gasteiger partial charge in [0.25, 0.3) is 0 Å². The zero-order valence-electron chi connectivity index (χ0n) is 4.76. The molecule has 0 fully saturated rings. The zero-order valence-corrected chi connectivity index (χ0v) is 6.17. The number of hydrogen-bond donors (Lipinski definition) is 0. The van der Waals surface area contributed by atoms with Crippen molar-refractivity contribution in [2.24, 2.45) is 0 Å². The summed E-state index contributed by atoms with van der Waals surface area (Å²) in [6.07, 6.45) is 0. The molecule has 0 aromatic carbocycles. The van der Waals surface area contributed by atoms with Crippen molar-refractivity contribution in [2.45, 2.75) is 13.1 Å². The topological polar surface area (TPSA) is 47.6 Å². The fourth-order valence-electron chi connectivity index (χ4n) is 0. The number of nitrogens with zero attached hydrogens (tertiary/aromatic N) is 2. The van der Waals surface area contributed by atoms with Gasteiger partial charge in [0.05, 0.1) is 0 Å². The predicted octanol–water partition coefficient (Wildman–Crippen LogP) is 0.531. The van der Waals surface area contributed by atoms with E-state index < -0.39 is 0 Å². The third-order valence-electron chi connectivity index (χ3n) is 0. The highest BCUT2D eigenvalue weighted by Crippen LogP contribution is 1.36. The molecule has 0 aromatic rings. The lowest BCUT2D eigenvalue weighted by Crippen LogP contribution is -1.53. The second-order valence-corrected chi connectivity index (χ2v) is 2.12. The van der Waals surface area contributed by atoms with Crippen LogP contribution in [0.25, 0.3) is 0 Å². The minimum absolute atomic E-state index is 0.417. The Bertz CT molecular complexity index is 33.4. The van der Waals surface area contributed by atoms with E-state index in [9.17, 15) is 0 Å². The van der Waals surface area contributed by atoms with Gasteiger partial charge in [0.15, 0.2) is 0 Å². The van der Waals surface area contributed by atoms with Crippen LogP contribution in [0.1, 0.15) is 0 Å². The molecule has 0 aliphatic rings. The molecule has 0 radical (unpaired) electrons. The molecule has 0 heterocycles. The Hall–Kier alpha value is -0.803. The fourth-order valence-corrected chi connectivity index (χ4v) is 0. The Balaban J connectivity index is -0.0000000360. The number of rotatable bonds is 0. The van der Waals surface area contributed by atoms with E-state index in [-0.39, 0.29) is 0 Å². The SMILES string of the molecule is C#N.C#N.C[SiH2]C. The summed E-state index contributed by atoms with van der Waals surface area (Å²) in [5.74, 6) is 0. The van der Waals surface area contributed by atoms with E-state index in [0.29, 0.717) is 9.52 Å². The molecule has 0 saturated heterocycles. The van der Waals surface area contributed by atoms with Crippen molar-refractivity contribution in [3.63, 3.8) is 0 Å². The molecular weight excluding hydrogens is 104 g/mol. The summed E-state index contributed by atoms with van der Waals surface area (Å²) in [6.45, 7) is 11.5. The average Bonchev–Trinajstić information content (AvgIpc) is 1.78. The Labute approximate surface area is 47.2 Å². The third kappa shape index (κ3) is 82.3. The first-order chi connectivity index (χ1) is 3.41. The van der Waals surface area contributed by atoms with Crippen molar-refractivity contribution in [1.29, 1.82) is 10.5 Å². The van der Waals surface area contributed by atoms with Gasteiger partial charge >= 0.3 is 0 Å². The van der Waals surface area contributed by atoms with E-state index in [2.05, 4.69) is 26.2 Å². The van der Waals surface area contributed by atoms with Gasteiger partial charge in [0.2, 0.25) is 0 Å². The van der Waals surface area contributed by atoms with Crippen LogP contribution in [0.3, 0.4) is 0 Å². The molecule has 0 aliphatic carbocycles. The molecule has 0 saturated carbocycles. The van der Waals surface area contributed by atoms with Crippen molar-refractivity contribution in [1.82, 2.24) is 0 Å². The summed E-state index contributed by atoms with van der Waals surface area (Å²) in [4.78, 5) is 0. The minimum atomic E-state index is 0.417. The van der Waals surface area contributed by atoms with Crippen LogP contribution in [-0.4, -0.2) is 9.52 Å². The Morgan fingerprint density at radius 3 is 1.00 bits per heavy atom. The van der Waals surface area contributed by atoms with Crippen molar-refractivity contribution in [2.75, 3.05) is 0 Å². The lowest BCUT2D eigenvalue weighted by atomic mass is 11.9. The Kier molecular flexibility index (Phi) is 5520. The summed E-state index contributed by atoms with van der Waals surface area (Å²) in [6, 6.07) is 0. The van der Waals surface area contributed by atoms with Gasteiger partial charge in [-0.1, -0.05) is 13.1 Å². The van der Waals surface area contributed by atoms with Gasteiger partial charge in [-0.2, -0.15) is 0 Å². The van der Waals surface area contributed by atoms with Gasteiger partial charge in [-0.05, 0) is 0 Å². The van der Waals surface area contributed by atoms with Crippen molar-refractivity contribution < 1.29 is 0 Å². The van der Waals surface area contributed by atoms with Gasteiger partial charge in [-0.25, -0.2) is 10.5 Å². The summed E-state index contributed by atoms with van der Waals surface area (Å²) in [5.41, 5.74) is 0. The molecule has 40 valence electrons. The third-order valence-corrected chi connectivity index (χ3v) is 0. The highest BCUT2D eigenvalue weighted by atomic mass is 28.2. The molecule has 7 heavy (non-hydrogen) atoms. The first-order valence-corrected chi connectivity index (χ1v) is 4.76. The van der Waals surface area contributed by atoms with Crippen LogP contribution in [0, 0.1) is 23.7 Å². The molecule has 0 spiro atoms. The van der Waals surface area contributed by atoms with Crippen LogP contribution < -0.4 is 0 Å². The van der Waals surface area contributed by atoms with Crippen LogP contribution in [0.2, 0.25) is 13.1 Å². The van der Waals surface area contributed by atoms with E-state index in [1.54, 1.807) is 0 Å². The van der Waals surface area contributed by atoms with Crippen molar-refractivity contribution >= 4 is 9.52 Å². The summed E-state index contributed by atoms with van der Waals surface area (Å²) >= 11 is 0. The maximum absolute atomic E-state index is 6.50. The molecule has 2 nitrogen and oxygen atoms in total. The largest absolute Gasteiger partial charge is 0.202 e. The smallest absolute Gasteiger partial charge is 0.0462 e. The molecule has 3 heteroatoms. The maximum atomic E-state index is 6.50. The second kappa shape index (κ2) is 2360. The molecule has 0 rings (SSSR count). The Morgan fingerprint density at radius 2 is 1.00 bits per heavy atom. The van der Waals surface area contributed by atoms with E-state index in [4.69, 9.17) is 10.5 Å². The van der Waals surface area contributed by atoms with Crippen LogP contribution in [0.15, 0.2) is 0 Å². The average molecular weight is 114 g/mol. The number of hydrogen-bond acceptors (Lipinski definition) is 2. The maximum Gasteiger partial charge on any atom is 0.0462 e. The molecule has 0 N–H and O–H groups in total.